The van der Waals surface area contributed by atoms with Gasteiger partial charge in [-0.1, -0.05) is 133 Å². The summed E-state index contributed by atoms with van der Waals surface area (Å²) in [6.45, 7) is 5.92. The summed E-state index contributed by atoms with van der Waals surface area (Å²) in [5.74, 6) is 1.74. The van der Waals surface area contributed by atoms with Gasteiger partial charge in [-0.15, -0.1) is 11.3 Å². The maximum atomic E-state index is 5.38. The average Bonchev–Trinajstić information content (AvgIpc) is 4.00. The van der Waals surface area contributed by atoms with E-state index in [0.29, 0.717) is 0 Å². The third-order valence-electron chi connectivity index (χ3n) is 12.3. The van der Waals surface area contributed by atoms with Crippen LogP contribution in [-0.2, 0) is 0 Å². The first kappa shape index (κ1) is 37.6. The molecule has 0 N–H and O–H groups in total. The predicted octanol–water partition coefficient (Wildman–Crippen LogP) is 15.9. The second kappa shape index (κ2) is 15.3. The third-order valence-corrected chi connectivity index (χ3v) is 13.4. The Morgan fingerprint density at radius 2 is 1.05 bits per heavy atom. The molecule has 0 aliphatic heterocycles. The summed E-state index contributed by atoms with van der Waals surface area (Å²) < 4.78 is 5.81. The van der Waals surface area contributed by atoms with Gasteiger partial charge in [0, 0.05) is 42.8 Å². The number of fused-ring (bicyclic) bond motifs is 7. The number of rotatable bonds is 8. The monoisotopic (exact) mass is 837 g/mol. The molecule has 0 fully saturated rings. The summed E-state index contributed by atoms with van der Waals surface area (Å²) in [7, 11) is 0. The molecule has 0 saturated heterocycles. The van der Waals surface area contributed by atoms with E-state index < -0.39 is 0 Å². The molecule has 0 unspecified atom stereocenters. The number of hydrogen-bond acceptors (Lipinski definition) is 4. The Bertz CT molecular complexity index is 3760. The van der Waals surface area contributed by atoms with Crippen LogP contribution in [0.25, 0.3) is 116 Å². The van der Waals surface area contributed by atoms with Crippen molar-refractivity contribution < 1.29 is 0 Å². The molecule has 7 aromatic carbocycles. The number of aliphatic imine (C=N–C) groups is 1. The molecule has 0 atom stereocenters. The Kier molecular flexibility index (Phi) is 8.99. The molecule has 12 rings (SSSR count). The molecular weight excluding hydrogens is 799 g/mol. The lowest BCUT2D eigenvalue weighted by atomic mass is 10.0. The summed E-state index contributed by atoms with van der Waals surface area (Å²) in [6.07, 6.45) is 4.15. The summed E-state index contributed by atoms with van der Waals surface area (Å²) in [6, 6.07) is 69.3. The van der Waals surface area contributed by atoms with Crippen molar-refractivity contribution in [3.8, 4) is 56.4 Å². The van der Waals surface area contributed by atoms with Gasteiger partial charge < -0.3 is 0 Å². The van der Waals surface area contributed by atoms with E-state index in [-0.39, 0.29) is 0 Å². The summed E-state index contributed by atoms with van der Waals surface area (Å²) in [5, 5.41) is 5.81. The number of nitrogens with zero attached hydrogens (tertiary/aromatic N) is 5. The maximum Gasteiger partial charge on any atom is 0.138 e. The smallest absolute Gasteiger partial charge is 0.138 e. The Morgan fingerprint density at radius 1 is 0.438 bits per heavy atom. The normalized spacial score (nSPS) is 11.8. The highest BCUT2D eigenvalue weighted by molar-refractivity contribution is 7.20. The van der Waals surface area contributed by atoms with Crippen LogP contribution in [0.2, 0.25) is 0 Å². The Balaban J connectivity index is 1.00. The molecule has 5 aromatic heterocycles. The number of benzene rings is 7. The Hall–Kier alpha value is -8.19. The van der Waals surface area contributed by atoms with Crippen LogP contribution in [0.4, 0.5) is 5.69 Å². The number of pyridine rings is 2. The van der Waals surface area contributed by atoms with Crippen molar-refractivity contribution in [2.24, 2.45) is 4.99 Å². The summed E-state index contributed by atoms with van der Waals surface area (Å²) in [4.78, 5) is 16.2. The predicted molar refractivity (Wildman–Crippen MR) is 272 cm³/mol. The molecule has 0 aliphatic rings. The highest BCUT2D eigenvalue weighted by atomic mass is 32.1. The number of para-hydroxylation sites is 2. The zero-order chi connectivity index (χ0) is 42.7. The topological polar surface area (TPSA) is 48.0 Å². The molecule has 6 heteroatoms. The van der Waals surface area contributed by atoms with Gasteiger partial charge in [-0.3, -0.25) is 14.1 Å². The fourth-order valence-corrected chi connectivity index (χ4v) is 10.5. The second-order valence-corrected chi connectivity index (χ2v) is 17.1. The van der Waals surface area contributed by atoms with Crippen LogP contribution in [0.1, 0.15) is 11.8 Å². The highest BCUT2D eigenvalue weighted by Crippen LogP contribution is 2.42. The standard InChI is InChI=1S/C58H39N5S/c1-3-15-55-58(59-2)47-33-41(28-31-54(47)64-55)48-22-14-25-56(60-48)62-51-24-13-11-21-44(51)46-32-39(27-30-52(46)62)40-26-29-45-43-20-10-12-23-50(43)63(53(45)35-40)57-36-42(37-16-6-4-7-17-37)34-49(61-57)38-18-8-5-9-19-38/h3-36H,2H2,1H3/b15-3-. The van der Waals surface area contributed by atoms with Crippen LogP contribution in [0.5, 0.6) is 0 Å². The van der Waals surface area contributed by atoms with Gasteiger partial charge in [0.2, 0.25) is 0 Å². The van der Waals surface area contributed by atoms with Gasteiger partial charge in [-0.25, -0.2) is 9.97 Å². The van der Waals surface area contributed by atoms with Gasteiger partial charge in [0.05, 0.1) is 44.0 Å². The van der Waals surface area contributed by atoms with E-state index in [1.54, 1.807) is 11.3 Å². The highest BCUT2D eigenvalue weighted by Gasteiger charge is 2.19. The van der Waals surface area contributed by atoms with Gasteiger partial charge in [0.15, 0.2) is 0 Å². The van der Waals surface area contributed by atoms with Crippen LogP contribution in [-0.4, -0.2) is 25.8 Å². The van der Waals surface area contributed by atoms with Gasteiger partial charge in [-0.05, 0) is 109 Å². The fourth-order valence-electron chi connectivity index (χ4n) is 9.38. The van der Waals surface area contributed by atoms with E-state index >= 15 is 0 Å². The quantitative estimate of drug-likeness (QED) is 0.143. The molecule has 0 radical (unpaired) electrons. The lowest BCUT2D eigenvalue weighted by Crippen LogP contribution is -2.00. The van der Waals surface area contributed by atoms with E-state index in [4.69, 9.17) is 9.97 Å². The molecule has 0 spiro atoms. The summed E-state index contributed by atoms with van der Waals surface area (Å²) in [5.41, 5.74) is 13.8. The Labute approximate surface area is 374 Å². The molecular formula is C58H39N5S. The number of aromatic nitrogens is 4. The molecule has 5 heterocycles. The molecule has 0 saturated carbocycles. The molecule has 0 amide bonds. The van der Waals surface area contributed by atoms with E-state index in [1.807, 2.05) is 13.0 Å². The van der Waals surface area contributed by atoms with Crippen LogP contribution in [0.15, 0.2) is 205 Å². The van der Waals surface area contributed by atoms with E-state index in [1.165, 1.54) is 26.2 Å². The number of hydrogen-bond donors (Lipinski definition) is 0. The zero-order valence-corrected chi connectivity index (χ0v) is 35.8. The van der Waals surface area contributed by atoms with Crippen LogP contribution >= 0.6 is 11.3 Å². The van der Waals surface area contributed by atoms with Gasteiger partial charge in [0.25, 0.3) is 0 Å². The minimum absolute atomic E-state index is 0.865. The van der Waals surface area contributed by atoms with Crippen molar-refractivity contribution in [3.63, 3.8) is 0 Å². The molecule has 302 valence electrons. The average molecular weight is 838 g/mol. The van der Waals surface area contributed by atoms with Crippen molar-refractivity contribution in [1.29, 1.82) is 0 Å². The van der Waals surface area contributed by atoms with Crippen molar-refractivity contribution in [2.45, 2.75) is 6.92 Å². The molecule has 5 nitrogen and oxygen atoms in total. The first-order valence-corrected chi connectivity index (χ1v) is 22.3. The van der Waals surface area contributed by atoms with Crippen molar-refractivity contribution in [3.05, 3.63) is 205 Å². The lowest BCUT2D eigenvalue weighted by molar-refractivity contribution is 1.08. The van der Waals surface area contributed by atoms with Gasteiger partial charge in [0.1, 0.15) is 11.6 Å². The van der Waals surface area contributed by atoms with Crippen LogP contribution in [0.3, 0.4) is 0 Å². The summed E-state index contributed by atoms with van der Waals surface area (Å²) >= 11 is 1.73. The lowest BCUT2D eigenvalue weighted by Gasteiger charge is -2.13. The van der Waals surface area contributed by atoms with Crippen LogP contribution < -0.4 is 0 Å². The van der Waals surface area contributed by atoms with Crippen molar-refractivity contribution >= 4 is 83.5 Å². The minimum Gasteiger partial charge on any atom is -0.294 e. The number of allylic oxidation sites excluding steroid dienone is 1. The molecule has 0 aliphatic carbocycles. The molecule has 12 aromatic rings. The minimum atomic E-state index is 0.865. The van der Waals surface area contributed by atoms with Crippen molar-refractivity contribution in [1.82, 2.24) is 19.1 Å². The van der Waals surface area contributed by atoms with Gasteiger partial charge >= 0.3 is 0 Å². The third kappa shape index (κ3) is 6.18. The number of thiophene rings is 1. The first-order valence-electron chi connectivity index (χ1n) is 21.5. The maximum absolute atomic E-state index is 5.38. The van der Waals surface area contributed by atoms with Crippen molar-refractivity contribution in [2.75, 3.05) is 0 Å². The molecule has 0 bridgehead atoms. The van der Waals surface area contributed by atoms with E-state index in [0.717, 1.165) is 94.4 Å². The van der Waals surface area contributed by atoms with Gasteiger partial charge in [-0.2, -0.15) is 0 Å². The Morgan fingerprint density at radius 3 is 1.81 bits per heavy atom. The largest absolute Gasteiger partial charge is 0.294 e. The fraction of sp³-hybridized carbons (Fsp3) is 0.0172. The first-order chi connectivity index (χ1) is 31.6. The SMILES string of the molecule is C=Nc1c(/C=C\C)sc2ccc(-c3cccc(-n4c5ccccc5c5cc(-c6ccc7c8ccccc8n(-c8cc(-c9ccccc9)cc(-c9ccccc9)n8)c7c6)ccc54)n3)cc12. The second-order valence-electron chi connectivity index (χ2n) is 16.1. The molecule has 64 heavy (non-hydrogen) atoms. The van der Waals surface area contributed by atoms with E-state index in [9.17, 15) is 0 Å². The zero-order valence-electron chi connectivity index (χ0n) is 35.0. The van der Waals surface area contributed by atoms with Crippen LogP contribution in [0, 0.1) is 0 Å². The van der Waals surface area contributed by atoms with E-state index in [2.05, 4.69) is 221 Å².